The third-order valence-electron chi connectivity index (χ3n) is 3.80. The molecule has 1 heterocycles. The maximum absolute atomic E-state index is 12.4. The zero-order valence-electron chi connectivity index (χ0n) is 14.8. The van der Waals surface area contributed by atoms with E-state index < -0.39 is 0 Å². The van der Waals surface area contributed by atoms with Crippen LogP contribution in [-0.2, 0) is 4.74 Å². The predicted octanol–water partition coefficient (Wildman–Crippen LogP) is 1.26. The van der Waals surface area contributed by atoms with Gasteiger partial charge in [0.1, 0.15) is 6.61 Å². The van der Waals surface area contributed by atoms with Crippen LogP contribution in [0.25, 0.3) is 0 Å². The van der Waals surface area contributed by atoms with Gasteiger partial charge in [0, 0.05) is 31.3 Å². The molecule has 0 radical (unpaired) electrons. The van der Waals surface area contributed by atoms with Crippen molar-refractivity contribution in [2.45, 2.75) is 25.4 Å². The lowest BCUT2D eigenvalue weighted by Gasteiger charge is -2.14. The molecule has 0 aromatic heterocycles. The van der Waals surface area contributed by atoms with Crippen LogP contribution in [0.5, 0.6) is 11.5 Å². The SMILES string of the molecule is C=CCOc1ccc(C(=O)NCC2CC(COC)NN2)cc1OCC. The van der Waals surface area contributed by atoms with Crippen LogP contribution in [0.15, 0.2) is 30.9 Å². The quantitative estimate of drug-likeness (QED) is 0.552. The van der Waals surface area contributed by atoms with Gasteiger partial charge in [0.2, 0.25) is 0 Å². The zero-order valence-corrected chi connectivity index (χ0v) is 14.8. The van der Waals surface area contributed by atoms with Crippen LogP contribution in [0.4, 0.5) is 0 Å². The highest BCUT2D eigenvalue weighted by Crippen LogP contribution is 2.28. The second-order valence-corrected chi connectivity index (χ2v) is 5.78. The van der Waals surface area contributed by atoms with Gasteiger partial charge >= 0.3 is 0 Å². The summed E-state index contributed by atoms with van der Waals surface area (Å²) in [5, 5.41) is 2.94. The number of carbonyl (C=O) groups is 1. The van der Waals surface area contributed by atoms with E-state index in [1.165, 1.54) is 0 Å². The summed E-state index contributed by atoms with van der Waals surface area (Å²) < 4.78 is 16.2. The minimum atomic E-state index is -0.145. The lowest BCUT2D eigenvalue weighted by molar-refractivity contribution is 0.0949. The zero-order chi connectivity index (χ0) is 18.1. The summed E-state index contributed by atoms with van der Waals surface area (Å²) in [6.07, 6.45) is 2.56. The molecule has 0 saturated carbocycles. The first kappa shape index (κ1) is 19.2. The van der Waals surface area contributed by atoms with Gasteiger partial charge in [0.05, 0.1) is 13.2 Å². The molecular formula is C18H27N3O4. The lowest BCUT2D eigenvalue weighted by atomic mass is 10.1. The Balaban J connectivity index is 1.92. The molecule has 0 spiro atoms. The molecule has 7 nitrogen and oxygen atoms in total. The average molecular weight is 349 g/mol. The standard InChI is InChI=1S/C18H27N3O4/c1-4-8-25-16-7-6-13(9-17(16)24-5-2)18(22)19-11-14-10-15(12-23-3)21-20-14/h4,6-7,9,14-15,20-21H,1,5,8,10-12H2,2-3H3,(H,19,22). The summed E-state index contributed by atoms with van der Waals surface area (Å²) in [6.45, 7) is 7.57. The van der Waals surface area contributed by atoms with E-state index >= 15 is 0 Å². The minimum Gasteiger partial charge on any atom is -0.490 e. The molecule has 25 heavy (non-hydrogen) atoms. The summed E-state index contributed by atoms with van der Waals surface area (Å²) in [5.74, 6) is 1.01. The normalized spacial score (nSPS) is 19.4. The molecule has 2 unspecified atom stereocenters. The summed E-state index contributed by atoms with van der Waals surface area (Å²) in [5.41, 5.74) is 6.85. The van der Waals surface area contributed by atoms with E-state index in [0.717, 1.165) is 6.42 Å². The topological polar surface area (TPSA) is 80.9 Å². The van der Waals surface area contributed by atoms with Gasteiger partial charge in [-0.05, 0) is 31.5 Å². The number of hydrazine groups is 1. The van der Waals surface area contributed by atoms with E-state index in [4.69, 9.17) is 14.2 Å². The second-order valence-electron chi connectivity index (χ2n) is 5.78. The van der Waals surface area contributed by atoms with E-state index in [9.17, 15) is 4.79 Å². The van der Waals surface area contributed by atoms with Crippen LogP contribution < -0.4 is 25.6 Å². The maximum Gasteiger partial charge on any atom is 0.251 e. The van der Waals surface area contributed by atoms with Crippen LogP contribution in [-0.4, -0.2) is 51.5 Å². The molecule has 0 aliphatic carbocycles. The highest BCUT2D eigenvalue weighted by atomic mass is 16.5. The van der Waals surface area contributed by atoms with E-state index in [-0.39, 0.29) is 18.0 Å². The first-order valence-electron chi connectivity index (χ1n) is 8.46. The minimum absolute atomic E-state index is 0.145. The van der Waals surface area contributed by atoms with Crippen molar-refractivity contribution in [2.75, 3.05) is 33.5 Å². The van der Waals surface area contributed by atoms with Crippen LogP contribution in [0, 0.1) is 0 Å². The van der Waals surface area contributed by atoms with Crippen molar-refractivity contribution in [1.82, 2.24) is 16.2 Å². The van der Waals surface area contributed by atoms with Gasteiger partial charge in [-0.25, -0.2) is 0 Å². The van der Waals surface area contributed by atoms with E-state index in [0.29, 0.717) is 43.4 Å². The number of benzene rings is 1. The Morgan fingerprint density at radius 3 is 2.84 bits per heavy atom. The number of carbonyl (C=O) groups excluding carboxylic acids is 1. The largest absolute Gasteiger partial charge is 0.490 e. The predicted molar refractivity (Wildman–Crippen MR) is 96.0 cm³/mol. The third-order valence-corrected chi connectivity index (χ3v) is 3.80. The molecule has 2 atom stereocenters. The molecule has 1 fully saturated rings. The van der Waals surface area contributed by atoms with Gasteiger partial charge in [-0.1, -0.05) is 12.7 Å². The van der Waals surface area contributed by atoms with Crippen molar-refractivity contribution in [3.05, 3.63) is 36.4 Å². The van der Waals surface area contributed by atoms with Gasteiger partial charge in [-0.15, -0.1) is 0 Å². The van der Waals surface area contributed by atoms with E-state index in [1.54, 1.807) is 31.4 Å². The van der Waals surface area contributed by atoms with Crippen LogP contribution in [0.2, 0.25) is 0 Å². The average Bonchev–Trinajstić information content (AvgIpc) is 3.06. The molecule has 0 bridgehead atoms. The lowest BCUT2D eigenvalue weighted by Crippen LogP contribution is -2.40. The number of ether oxygens (including phenoxy) is 3. The van der Waals surface area contributed by atoms with Gasteiger partial charge in [0.15, 0.2) is 11.5 Å². The van der Waals surface area contributed by atoms with Crippen LogP contribution in [0.1, 0.15) is 23.7 Å². The molecule has 1 aromatic rings. The Hall–Kier alpha value is -2.09. The summed E-state index contributed by atoms with van der Waals surface area (Å²) >= 11 is 0. The Morgan fingerprint density at radius 2 is 2.12 bits per heavy atom. The fourth-order valence-corrected chi connectivity index (χ4v) is 2.65. The Labute approximate surface area is 148 Å². The fourth-order valence-electron chi connectivity index (χ4n) is 2.65. The van der Waals surface area contributed by atoms with Crippen molar-refractivity contribution >= 4 is 5.91 Å². The first-order chi connectivity index (χ1) is 12.2. The van der Waals surface area contributed by atoms with Crippen molar-refractivity contribution in [2.24, 2.45) is 0 Å². The van der Waals surface area contributed by atoms with E-state index in [1.807, 2.05) is 6.92 Å². The molecule has 1 aromatic carbocycles. The summed E-state index contributed by atoms with van der Waals surface area (Å²) in [7, 11) is 1.68. The number of hydrogen-bond acceptors (Lipinski definition) is 6. The highest BCUT2D eigenvalue weighted by Gasteiger charge is 2.24. The summed E-state index contributed by atoms with van der Waals surface area (Å²) in [4.78, 5) is 12.4. The molecule has 7 heteroatoms. The van der Waals surface area contributed by atoms with Crippen molar-refractivity contribution in [3.63, 3.8) is 0 Å². The molecule has 138 valence electrons. The van der Waals surface area contributed by atoms with Crippen LogP contribution in [0.3, 0.4) is 0 Å². The maximum atomic E-state index is 12.4. The Kier molecular flexibility index (Phi) is 7.72. The first-order valence-corrected chi connectivity index (χ1v) is 8.46. The van der Waals surface area contributed by atoms with E-state index in [2.05, 4.69) is 22.7 Å². The Morgan fingerprint density at radius 1 is 1.32 bits per heavy atom. The number of rotatable bonds is 10. The number of amides is 1. The highest BCUT2D eigenvalue weighted by molar-refractivity contribution is 5.94. The van der Waals surface area contributed by atoms with Crippen molar-refractivity contribution in [3.8, 4) is 11.5 Å². The van der Waals surface area contributed by atoms with Gasteiger partial charge in [-0.2, -0.15) is 0 Å². The molecule has 1 aliphatic heterocycles. The molecule has 1 amide bonds. The van der Waals surface area contributed by atoms with Crippen molar-refractivity contribution < 1.29 is 19.0 Å². The third kappa shape index (κ3) is 5.74. The number of hydrogen-bond donors (Lipinski definition) is 3. The molecule has 2 rings (SSSR count). The summed E-state index contributed by atoms with van der Waals surface area (Å²) in [6, 6.07) is 5.60. The fraction of sp³-hybridized carbons (Fsp3) is 0.500. The molecular weight excluding hydrogens is 322 g/mol. The van der Waals surface area contributed by atoms with Gasteiger partial charge in [0.25, 0.3) is 5.91 Å². The molecule has 1 aliphatic rings. The van der Waals surface area contributed by atoms with Gasteiger partial charge < -0.3 is 19.5 Å². The van der Waals surface area contributed by atoms with Crippen molar-refractivity contribution in [1.29, 1.82) is 0 Å². The Bertz CT molecular complexity index is 579. The number of methoxy groups -OCH3 is 1. The molecule has 1 saturated heterocycles. The molecule has 3 N–H and O–H groups in total. The smallest absolute Gasteiger partial charge is 0.251 e. The monoisotopic (exact) mass is 349 g/mol. The number of nitrogens with one attached hydrogen (secondary N) is 3. The second kappa shape index (κ2) is 10.0. The van der Waals surface area contributed by atoms with Gasteiger partial charge in [-0.3, -0.25) is 15.6 Å². The van der Waals surface area contributed by atoms with Crippen LogP contribution >= 0.6 is 0 Å².